The van der Waals surface area contributed by atoms with Crippen molar-refractivity contribution in [2.24, 2.45) is 17.8 Å². The van der Waals surface area contributed by atoms with E-state index < -0.39 is 6.04 Å². The van der Waals surface area contributed by atoms with E-state index in [1.165, 1.54) is 19.3 Å². The minimum absolute atomic E-state index is 0.137. The molecule has 204 valence electrons. The Balaban J connectivity index is 1.15. The fourth-order valence-corrected chi connectivity index (χ4v) is 7.45. The molecular formula is C33H37NO5. The zero-order valence-electron chi connectivity index (χ0n) is 22.7. The third-order valence-corrected chi connectivity index (χ3v) is 8.78. The first-order valence-electron chi connectivity index (χ1n) is 14.4. The Hall–Kier alpha value is -3.19. The molecule has 0 N–H and O–H groups in total. The number of anilines is 1. The summed E-state index contributed by atoms with van der Waals surface area (Å²) in [5.41, 5.74) is 1.38. The zero-order chi connectivity index (χ0) is 26.7. The number of nitrogens with zero attached hydrogens (tertiary/aromatic N) is 1. The summed E-state index contributed by atoms with van der Waals surface area (Å²) in [6, 6.07) is 5.31. The molecule has 0 radical (unpaired) electrons. The average Bonchev–Trinajstić information content (AvgIpc) is 2.93. The second-order valence-electron chi connectivity index (χ2n) is 11.6. The molecule has 2 heterocycles. The van der Waals surface area contributed by atoms with Gasteiger partial charge >= 0.3 is 6.09 Å². The predicted octanol–water partition coefficient (Wildman–Crippen LogP) is 6.11. The second kappa shape index (κ2) is 11.5. The maximum atomic E-state index is 13.9. The number of benzene rings is 1. The van der Waals surface area contributed by atoms with Crippen LogP contribution in [0.5, 0.6) is 5.75 Å². The molecule has 6 heteroatoms. The van der Waals surface area contributed by atoms with Crippen molar-refractivity contribution in [3.05, 3.63) is 42.0 Å². The topological polar surface area (TPSA) is 57.2 Å². The molecule has 39 heavy (non-hydrogen) atoms. The first-order valence-corrected chi connectivity index (χ1v) is 14.4. The smallest absolute Gasteiger partial charge is 0.416 e. The Morgan fingerprint density at radius 3 is 2.59 bits per heavy atom. The van der Waals surface area contributed by atoms with Crippen LogP contribution in [-0.4, -0.2) is 44.3 Å². The number of carbonyl (C=O) groups is 1. The van der Waals surface area contributed by atoms with Gasteiger partial charge in [-0.15, -0.1) is 0 Å². The first kappa shape index (κ1) is 26.1. The van der Waals surface area contributed by atoms with Crippen LogP contribution in [0.4, 0.5) is 10.5 Å². The van der Waals surface area contributed by atoms with Crippen LogP contribution >= 0.6 is 0 Å². The van der Waals surface area contributed by atoms with Crippen molar-refractivity contribution in [3.8, 4) is 29.4 Å². The lowest BCUT2D eigenvalue weighted by Crippen LogP contribution is -2.55. The number of allylic oxidation sites excluding steroid dienone is 2. The predicted molar refractivity (Wildman–Crippen MR) is 150 cm³/mol. The van der Waals surface area contributed by atoms with Crippen LogP contribution in [-0.2, 0) is 14.2 Å². The maximum Gasteiger partial charge on any atom is 0.416 e. The maximum absolute atomic E-state index is 13.9. The van der Waals surface area contributed by atoms with Gasteiger partial charge in [0.1, 0.15) is 24.0 Å². The minimum atomic E-state index is -0.434. The molecule has 0 aromatic heterocycles. The molecule has 2 atom stereocenters. The van der Waals surface area contributed by atoms with Gasteiger partial charge < -0.3 is 18.9 Å². The summed E-state index contributed by atoms with van der Waals surface area (Å²) in [7, 11) is 1.65. The molecule has 7 rings (SSSR count). The van der Waals surface area contributed by atoms with Crippen molar-refractivity contribution < 1.29 is 23.7 Å². The Morgan fingerprint density at radius 2 is 1.87 bits per heavy atom. The van der Waals surface area contributed by atoms with Crippen LogP contribution in [0.15, 0.2) is 36.4 Å². The Kier molecular flexibility index (Phi) is 7.69. The van der Waals surface area contributed by atoms with Crippen molar-refractivity contribution in [2.75, 3.05) is 25.2 Å². The molecule has 1 amide bonds. The van der Waals surface area contributed by atoms with Gasteiger partial charge in [0.15, 0.2) is 6.29 Å². The molecule has 4 saturated carbocycles. The van der Waals surface area contributed by atoms with Crippen LogP contribution < -0.4 is 9.64 Å². The van der Waals surface area contributed by atoms with Crippen molar-refractivity contribution >= 4 is 17.9 Å². The summed E-state index contributed by atoms with van der Waals surface area (Å²) in [6.07, 6.45) is 17.0. The van der Waals surface area contributed by atoms with E-state index in [1.54, 1.807) is 24.2 Å². The molecule has 1 unspecified atom stereocenters. The first-order chi connectivity index (χ1) is 19.1. The molecule has 1 aromatic rings. The van der Waals surface area contributed by atoms with Crippen molar-refractivity contribution in [1.29, 1.82) is 0 Å². The minimum Gasteiger partial charge on any atom is -0.497 e. The van der Waals surface area contributed by atoms with Gasteiger partial charge in [0.25, 0.3) is 0 Å². The van der Waals surface area contributed by atoms with E-state index in [1.807, 2.05) is 30.4 Å². The Morgan fingerprint density at radius 1 is 1.10 bits per heavy atom. The van der Waals surface area contributed by atoms with E-state index in [2.05, 4.69) is 23.7 Å². The standard InChI is InChI=1S/C33H37NO5/c1-36-29-13-14-30-27(20-29)11-12-28(9-5-3-2-4-7-15-37-31-10-6-8-16-38-31)34(30)32(35)39-33-21-24-17-25(22-33)19-26(18-24)23-33/h2-3,11-14,20,24-26,28,31H,6,8,10,15-19,21-23H2,1H3/b3-2-/t24?,25?,26?,28-,31?,33?/m0/s1. The Labute approximate surface area is 231 Å². The molecule has 6 aliphatic rings. The molecule has 2 aliphatic heterocycles. The molecule has 4 aliphatic carbocycles. The second-order valence-corrected chi connectivity index (χ2v) is 11.6. The van der Waals surface area contributed by atoms with Gasteiger partial charge in [-0.3, -0.25) is 4.90 Å². The molecule has 1 saturated heterocycles. The molecule has 5 fully saturated rings. The lowest BCUT2D eigenvalue weighted by Gasteiger charge is -2.56. The van der Waals surface area contributed by atoms with Gasteiger partial charge in [0.05, 0.1) is 12.8 Å². The molecule has 0 spiro atoms. The lowest BCUT2D eigenvalue weighted by molar-refractivity contribution is -0.154. The molecule has 4 bridgehead atoms. The number of ether oxygens (including phenoxy) is 4. The van der Waals surface area contributed by atoms with Crippen LogP contribution in [0, 0.1) is 41.4 Å². The van der Waals surface area contributed by atoms with Crippen LogP contribution in [0.3, 0.4) is 0 Å². The van der Waals surface area contributed by atoms with E-state index >= 15 is 0 Å². The van der Waals surface area contributed by atoms with Crippen LogP contribution in [0.1, 0.15) is 63.4 Å². The summed E-state index contributed by atoms with van der Waals surface area (Å²) in [6.45, 7) is 1.09. The number of rotatable bonds is 4. The number of fused-ring (bicyclic) bond motifs is 1. The Bertz CT molecular complexity index is 1220. The van der Waals surface area contributed by atoms with E-state index in [4.69, 9.17) is 18.9 Å². The highest BCUT2D eigenvalue weighted by Crippen LogP contribution is 2.57. The fourth-order valence-electron chi connectivity index (χ4n) is 7.45. The normalized spacial score (nSPS) is 32.1. The van der Waals surface area contributed by atoms with Crippen LogP contribution in [0.25, 0.3) is 6.08 Å². The van der Waals surface area contributed by atoms with Gasteiger partial charge in [-0.05, 0) is 112 Å². The highest BCUT2D eigenvalue weighted by atomic mass is 16.7. The van der Waals surface area contributed by atoms with Crippen molar-refractivity contribution in [3.63, 3.8) is 0 Å². The molecular weight excluding hydrogens is 490 g/mol. The van der Waals surface area contributed by atoms with E-state index in [0.29, 0.717) is 24.4 Å². The summed E-state index contributed by atoms with van der Waals surface area (Å²) in [5.74, 6) is 15.1. The van der Waals surface area contributed by atoms with E-state index in [0.717, 1.165) is 62.1 Å². The largest absolute Gasteiger partial charge is 0.497 e. The van der Waals surface area contributed by atoms with E-state index in [9.17, 15) is 4.79 Å². The third kappa shape index (κ3) is 5.88. The van der Waals surface area contributed by atoms with Crippen molar-refractivity contribution in [2.45, 2.75) is 75.7 Å². The van der Waals surface area contributed by atoms with Gasteiger partial charge in [0.2, 0.25) is 0 Å². The lowest BCUT2D eigenvalue weighted by atomic mass is 9.54. The summed E-state index contributed by atoms with van der Waals surface area (Å²) in [4.78, 5) is 15.6. The molecule has 6 nitrogen and oxygen atoms in total. The van der Waals surface area contributed by atoms with Gasteiger partial charge in [0, 0.05) is 12.2 Å². The number of carbonyl (C=O) groups excluding carboxylic acids is 1. The molecule has 1 aromatic carbocycles. The number of methoxy groups -OCH3 is 1. The highest BCUT2D eigenvalue weighted by molar-refractivity contribution is 5.95. The number of amides is 1. The van der Waals surface area contributed by atoms with Gasteiger partial charge in [-0.1, -0.05) is 29.8 Å². The average molecular weight is 528 g/mol. The third-order valence-electron chi connectivity index (χ3n) is 8.78. The zero-order valence-corrected chi connectivity index (χ0v) is 22.7. The monoisotopic (exact) mass is 527 g/mol. The van der Waals surface area contributed by atoms with Gasteiger partial charge in [-0.2, -0.15) is 0 Å². The number of hydrogen-bond acceptors (Lipinski definition) is 5. The highest BCUT2D eigenvalue weighted by Gasteiger charge is 2.54. The quantitative estimate of drug-likeness (QED) is 0.443. The summed E-state index contributed by atoms with van der Waals surface area (Å²) >= 11 is 0. The fraction of sp³-hybridized carbons (Fsp3) is 0.545. The summed E-state index contributed by atoms with van der Waals surface area (Å²) in [5, 5.41) is 0. The van der Waals surface area contributed by atoms with Crippen molar-refractivity contribution in [1.82, 2.24) is 0 Å². The van der Waals surface area contributed by atoms with E-state index in [-0.39, 0.29) is 18.0 Å². The summed E-state index contributed by atoms with van der Waals surface area (Å²) < 4.78 is 23.0. The van der Waals surface area contributed by atoms with Gasteiger partial charge in [-0.25, -0.2) is 4.79 Å². The van der Waals surface area contributed by atoms with Crippen LogP contribution in [0.2, 0.25) is 0 Å². The SMILES string of the molecule is COc1ccc2c(c1)C=C[C@H](C#C/C=C\C#CCOC1CCCCO1)N2C(=O)OC12CC3CC(CC(C3)C1)C2. The number of hydrogen-bond donors (Lipinski definition) is 0.